The van der Waals surface area contributed by atoms with E-state index in [1.807, 2.05) is 0 Å². The lowest BCUT2D eigenvalue weighted by molar-refractivity contribution is -1.08. The van der Waals surface area contributed by atoms with Crippen molar-refractivity contribution in [3.05, 3.63) is 28.0 Å². The van der Waals surface area contributed by atoms with E-state index in [-0.39, 0.29) is 28.2 Å². The molecule has 4 heterocycles. The number of halogens is 3. The molecule has 140 valence electrons. The van der Waals surface area contributed by atoms with Gasteiger partial charge in [0.25, 0.3) is 5.91 Å². The number of aromatic nitrogens is 1. The molecule has 2 bridgehead atoms. The molecule has 9 heteroatoms. The number of benzene rings is 1. The van der Waals surface area contributed by atoms with Gasteiger partial charge in [-0.1, -0.05) is 0 Å². The number of fused-ring (bicyclic) bond motifs is 4. The van der Waals surface area contributed by atoms with E-state index in [1.165, 1.54) is 0 Å². The van der Waals surface area contributed by atoms with E-state index < -0.39 is 17.5 Å². The zero-order valence-electron chi connectivity index (χ0n) is 14.5. The van der Waals surface area contributed by atoms with E-state index in [0.717, 1.165) is 31.0 Å². The third kappa shape index (κ3) is 2.69. The summed E-state index contributed by atoms with van der Waals surface area (Å²) in [5.41, 5.74) is 5.08. The zero-order chi connectivity index (χ0) is 18.7. The first kappa shape index (κ1) is 17.7. The molecule has 0 radical (unpaired) electrons. The van der Waals surface area contributed by atoms with E-state index in [0.29, 0.717) is 40.2 Å². The first-order valence-electron chi connectivity index (χ1n) is 8.65. The van der Waals surface area contributed by atoms with Gasteiger partial charge in [0.1, 0.15) is 51.3 Å². The van der Waals surface area contributed by atoms with Crippen LogP contribution in [0.1, 0.15) is 10.6 Å². The van der Waals surface area contributed by atoms with Gasteiger partial charge in [-0.25, -0.2) is 18.2 Å². The second-order valence-corrected chi connectivity index (χ2v) is 8.84. The summed E-state index contributed by atoms with van der Waals surface area (Å²) in [6.07, 6.45) is 0. The van der Waals surface area contributed by atoms with Crippen molar-refractivity contribution in [2.45, 2.75) is 13.5 Å². The van der Waals surface area contributed by atoms with Crippen molar-refractivity contribution in [3.8, 4) is 0 Å². The average molecular weight is 386 g/mol. The number of amides is 1. The fourth-order valence-electron chi connectivity index (χ4n) is 4.42. The zero-order valence-corrected chi connectivity index (χ0v) is 15.3. The highest BCUT2D eigenvalue weighted by Crippen LogP contribution is 2.35. The Kier molecular flexibility index (Phi) is 4.01. The maximum absolute atomic E-state index is 14.9. The van der Waals surface area contributed by atoms with E-state index >= 15 is 0 Å². The summed E-state index contributed by atoms with van der Waals surface area (Å²) in [4.78, 5) is 15.4. The van der Waals surface area contributed by atoms with E-state index in [1.54, 1.807) is 6.92 Å². The largest absolute Gasteiger partial charge is 0.365 e. The van der Waals surface area contributed by atoms with Crippen molar-refractivity contribution in [3.63, 3.8) is 0 Å². The number of nitrogens with zero attached hydrogens (tertiary/aromatic N) is 3. The van der Waals surface area contributed by atoms with Crippen LogP contribution < -0.4 is 5.73 Å². The molecule has 3 saturated heterocycles. The third-order valence-electron chi connectivity index (χ3n) is 5.99. The summed E-state index contributed by atoms with van der Waals surface area (Å²) < 4.78 is 45.0. The smallest absolute Gasteiger partial charge is 0.272 e. The number of quaternary nitrogens is 2. The van der Waals surface area contributed by atoms with Crippen molar-refractivity contribution in [2.24, 2.45) is 5.73 Å². The summed E-state index contributed by atoms with van der Waals surface area (Å²) in [7, 11) is 0. The molecule has 2 N–H and O–H groups in total. The lowest BCUT2D eigenvalue weighted by atomic mass is 10.0. The van der Waals surface area contributed by atoms with Gasteiger partial charge in [0.15, 0.2) is 24.0 Å². The standard InChI is InChI=1S/C17H20F3N4OS/c1-10-22-16-14(19)11(13(18)15(20)17(16)26-10)8-23-2-5-24(6-3-23,7-4-23)9-12(21)25/h2-9H2,1H3,(H-,21,25)/q+1/p+1. The molecule has 3 aliphatic heterocycles. The summed E-state index contributed by atoms with van der Waals surface area (Å²) in [6.45, 7) is 6.38. The van der Waals surface area contributed by atoms with Gasteiger partial charge in [0.2, 0.25) is 0 Å². The number of carbonyl (C=O) groups is 1. The van der Waals surface area contributed by atoms with Crippen LogP contribution in [0.5, 0.6) is 0 Å². The highest BCUT2D eigenvalue weighted by Gasteiger charge is 2.50. The highest BCUT2D eigenvalue weighted by molar-refractivity contribution is 7.18. The number of thiazole rings is 1. The fourth-order valence-corrected chi connectivity index (χ4v) is 5.26. The number of piperazine rings is 3. The highest BCUT2D eigenvalue weighted by atomic mass is 32.1. The van der Waals surface area contributed by atoms with Crippen molar-refractivity contribution in [2.75, 3.05) is 45.8 Å². The SMILES string of the molecule is Cc1nc2c(F)c(C[N+]34CC[N+](CC(N)=O)(CC3)CC4)c(F)c(F)c2s1. The number of aryl methyl sites for hydroxylation is 1. The first-order valence-corrected chi connectivity index (χ1v) is 9.47. The lowest BCUT2D eigenvalue weighted by Crippen LogP contribution is -2.75. The Morgan fingerprint density at radius 3 is 2.19 bits per heavy atom. The van der Waals surface area contributed by atoms with Crippen LogP contribution in [0.15, 0.2) is 0 Å². The number of primary amides is 1. The Morgan fingerprint density at radius 2 is 1.62 bits per heavy atom. The summed E-state index contributed by atoms with van der Waals surface area (Å²) in [6, 6.07) is 0. The van der Waals surface area contributed by atoms with Gasteiger partial charge in [-0.2, -0.15) is 0 Å². The molecule has 3 fully saturated rings. The predicted molar refractivity (Wildman–Crippen MR) is 91.7 cm³/mol. The molecule has 0 atom stereocenters. The molecule has 5 nitrogen and oxygen atoms in total. The van der Waals surface area contributed by atoms with Gasteiger partial charge in [0.05, 0.1) is 15.3 Å². The minimum Gasteiger partial charge on any atom is -0.365 e. The van der Waals surface area contributed by atoms with Gasteiger partial charge >= 0.3 is 0 Å². The van der Waals surface area contributed by atoms with Crippen LogP contribution in [0.2, 0.25) is 0 Å². The van der Waals surface area contributed by atoms with E-state index in [2.05, 4.69) is 4.98 Å². The third-order valence-corrected chi connectivity index (χ3v) is 6.96. The molecule has 0 spiro atoms. The number of carbonyl (C=O) groups excluding carboxylic acids is 1. The topological polar surface area (TPSA) is 56.0 Å². The predicted octanol–water partition coefficient (Wildman–Crippen LogP) is 1.67. The molecular formula is C17H21F3N4OS+2. The Balaban J connectivity index is 1.66. The van der Waals surface area contributed by atoms with Crippen LogP contribution in [0.25, 0.3) is 10.2 Å². The van der Waals surface area contributed by atoms with Crippen LogP contribution in [-0.4, -0.2) is 65.7 Å². The molecule has 26 heavy (non-hydrogen) atoms. The lowest BCUT2D eigenvalue weighted by Gasteiger charge is -2.55. The molecular weight excluding hydrogens is 365 g/mol. The quantitative estimate of drug-likeness (QED) is 0.642. The second-order valence-electron chi connectivity index (χ2n) is 7.64. The fraction of sp³-hybridized carbons (Fsp3) is 0.529. The number of rotatable bonds is 4. The van der Waals surface area contributed by atoms with Gasteiger partial charge in [-0.3, -0.25) is 4.79 Å². The van der Waals surface area contributed by atoms with Crippen molar-refractivity contribution >= 4 is 27.5 Å². The maximum Gasteiger partial charge on any atom is 0.272 e. The van der Waals surface area contributed by atoms with Crippen molar-refractivity contribution < 1.29 is 26.9 Å². The Labute approximate surface area is 153 Å². The summed E-state index contributed by atoms with van der Waals surface area (Å²) >= 11 is 0.962. The number of hydrogen-bond donors (Lipinski definition) is 1. The van der Waals surface area contributed by atoms with Gasteiger partial charge < -0.3 is 14.7 Å². The molecule has 0 unspecified atom stereocenters. The number of nitrogens with two attached hydrogens (primary N) is 1. The molecule has 0 aliphatic carbocycles. The van der Waals surface area contributed by atoms with Crippen LogP contribution in [0.4, 0.5) is 13.2 Å². The molecule has 1 aromatic heterocycles. The first-order chi connectivity index (χ1) is 12.2. The van der Waals surface area contributed by atoms with Crippen LogP contribution in [0.3, 0.4) is 0 Å². The van der Waals surface area contributed by atoms with Crippen molar-refractivity contribution in [1.29, 1.82) is 0 Å². The van der Waals surface area contributed by atoms with Crippen molar-refractivity contribution in [1.82, 2.24) is 4.98 Å². The minimum atomic E-state index is -1.10. The number of hydrogen-bond acceptors (Lipinski definition) is 3. The second kappa shape index (κ2) is 5.90. The van der Waals surface area contributed by atoms with E-state index in [4.69, 9.17) is 5.73 Å². The van der Waals surface area contributed by atoms with Crippen LogP contribution >= 0.6 is 11.3 Å². The summed E-state index contributed by atoms with van der Waals surface area (Å²) in [5.74, 6) is -3.17. The average Bonchev–Trinajstić information content (AvgIpc) is 3.00. The normalized spacial score (nSPS) is 28.0. The summed E-state index contributed by atoms with van der Waals surface area (Å²) in [5, 5.41) is 0.505. The Morgan fingerprint density at radius 1 is 1.04 bits per heavy atom. The Bertz CT molecular complexity index is 889. The molecule has 3 aliphatic rings. The molecule has 1 amide bonds. The van der Waals surface area contributed by atoms with Crippen LogP contribution in [0, 0.1) is 24.4 Å². The molecule has 5 rings (SSSR count). The minimum absolute atomic E-state index is 0.0596. The van der Waals surface area contributed by atoms with Gasteiger partial charge in [0, 0.05) is 0 Å². The van der Waals surface area contributed by atoms with Crippen LogP contribution in [-0.2, 0) is 11.3 Å². The maximum atomic E-state index is 14.9. The molecule has 1 aromatic carbocycles. The molecule has 0 saturated carbocycles. The van der Waals surface area contributed by atoms with E-state index in [9.17, 15) is 18.0 Å². The Hall–Kier alpha value is -1.71. The monoisotopic (exact) mass is 386 g/mol. The molecule has 2 aromatic rings. The van der Waals surface area contributed by atoms with Gasteiger partial charge in [-0.15, -0.1) is 11.3 Å². The van der Waals surface area contributed by atoms with Gasteiger partial charge in [-0.05, 0) is 6.92 Å².